The standard InChI is InChI=1S/C15H18N2OS/c18-14(12-4-2-1-3-5-12)16-15(19)17(13-8-9-13)10-11-6-7-11/h1-5,11,13H,6-10H2,(H,16,18,19). The molecule has 3 nitrogen and oxygen atoms in total. The van der Waals surface area contributed by atoms with Crippen LogP contribution in [0.5, 0.6) is 0 Å². The number of carbonyl (C=O) groups is 1. The first-order chi connectivity index (χ1) is 9.24. The summed E-state index contributed by atoms with van der Waals surface area (Å²) in [6.45, 7) is 1.01. The van der Waals surface area contributed by atoms with E-state index in [0.717, 1.165) is 12.5 Å². The summed E-state index contributed by atoms with van der Waals surface area (Å²) in [4.78, 5) is 14.3. The van der Waals surface area contributed by atoms with Crippen molar-refractivity contribution in [2.45, 2.75) is 31.7 Å². The van der Waals surface area contributed by atoms with E-state index >= 15 is 0 Å². The van der Waals surface area contributed by atoms with E-state index in [1.165, 1.54) is 25.7 Å². The van der Waals surface area contributed by atoms with Crippen molar-refractivity contribution in [3.63, 3.8) is 0 Å². The average molecular weight is 274 g/mol. The predicted molar refractivity (Wildman–Crippen MR) is 79.0 cm³/mol. The van der Waals surface area contributed by atoms with Gasteiger partial charge in [0, 0.05) is 18.2 Å². The second kappa shape index (κ2) is 5.29. The molecule has 4 heteroatoms. The lowest BCUT2D eigenvalue weighted by molar-refractivity contribution is 0.0973. The zero-order chi connectivity index (χ0) is 13.2. The highest BCUT2D eigenvalue weighted by Crippen LogP contribution is 2.34. The summed E-state index contributed by atoms with van der Waals surface area (Å²) in [5, 5.41) is 3.47. The number of thiocarbonyl (C=S) groups is 1. The molecule has 2 fully saturated rings. The predicted octanol–water partition coefficient (Wildman–Crippen LogP) is 2.58. The lowest BCUT2D eigenvalue weighted by Gasteiger charge is -2.25. The molecule has 2 aliphatic carbocycles. The molecule has 2 saturated carbocycles. The Morgan fingerprint density at radius 2 is 1.89 bits per heavy atom. The fourth-order valence-electron chi connectivity index (χ4n) is 2.19. The van der Waals surface area contributed by atoms with Crippen LogP contribution in [0.25, 0.3) is 0 Å². The van der Waals surface area contributed by atoms with Crippen LogP contribution in [0.2, 0.25) is 0 Å². The molecule has 0 aliphatic heterocycles. The van der Waals surface area contributed by atoms with Crippen LogP contribution in [-0.2, 0) is 0 Å². The van der Waals surface area contributed by atoms with Crippen LogP contribution in [0.1, 0.15) is 36.0 Å². The fraction of sp³-hybridized carbons (Fsp3) is 0.467. The lowest BCUT2D eigenvalue weighted by Crippen LogP contribution is -2.44. The van der Waals surface area contributed by atoms with Gasteiger partial charge in [-0.25, -0.2) is 0 Å². The van der Waals surface area contributed by atoms with Crippen LogP contribution >= 0.6 is 12.2 Å². The van der Waals surface area contributed by atoms with Crippen molar-refractivity contribution in [1.82, 2.24) is 10.2 Å². The molecule has 0 radical (unpaired) electrons. The normalized spacial score (nSPS) is 17.9. The molecule has 100 valence electrons. The van der Waals surface area contributed by atoms with Gasteiger partial charge in [-0.15, -0.1) is 0 Å². The van der Waals surface area contributed by atoms with Crippen LogP contribution in [-0.4, -0.2) is 28.5 Å². The Bertz CT molecular complexity index is 480. The molecule has 1 aromatic rings. The summed E-state index contributed by atoms with van der Waals surface area (Å²) < 4.78 is 0. The van der Waals surface area contributed by atoms with Gasteiger partial charge in [0.05, 0.1) is 0 Å². The van der Waals surface area contributed by atoms with Crippen molar-refractivity contribution >= 4 is 23.2 Å². The molecule has 0 atom stereocenters. The first kappa shape index (κ1) is 12.6. The average Bonchev–Trinajstić information content (AvgIpc) is 3.28. The maximum absolute atomic E-state index is 12.1. The molecule has 3 rings (SSSR count). The molecule has 19 heavy (non-hydrogen) atoms. The van der Waals surface area contributed by atoms with Gasteiger partial charge in [0.2, 0.25) is 0 Å². The van der Waals surface area contributed by atoms with Gasteiger partial charge in [-0.1, -0.05) is 18.2 Å². The fourth-order valence-corrected chi connectivity index (χ4v) is 2.51. The van der Waals surface area contributed by atoms with Gasteiger partial charge in [-0.2, -0.15) is 0 Å². The van der Waals surface area contributed by atoms with Crippen molar-refractivity contribution in [3.8, 4) is 0 Å². The summed E-state index contributed by atoms with van der Waals surface area (Å²) >= 11 is 5.41. The van der Waals surface area contributed by atoms with Crippen molar-refractivity contribution in [2.75, 3.05) is 6.54 Å². The molecule has 2 aliphatic rings. The minimum atomic E-state index is -0.105. The third-order valence-corrected chi connectivity index (χ3v) is 3.99. The smallest absolute Gasteiger partial charge is 0.257 e. The third-order valence-electron chi connectivity index (χ3n) is 3.66. The van der Waals surface area contributed by atoms with E-state index < -0.39 is 0 Å². The topological polar surface area (TPSA) is 32.3 Å². The van der Waals surface area contributed by atoms with E-state index in [1.807, 2.05) is 18.2 Å². The Kier molecular flexibility index (Phi) is 3.51. The van der Waals surface area contributed by atoms with Crippen LogP contribution in [0.3, 0.4) is 0 Å². The second-order valence-electron chi connectivity index (χ2n) is 5.45. The largest absolute Gasteiger partial charge is 0.346 e. The monoisotopic (exact) mass is 274 g/mol. The summed E-state index contributed by atoms with van der Waals surface area (Å²) in [6, 6.07) is 9.80. The molecule has 0 unspecified atom stereocenters. The van der Waals surface area contributed by atoms with Gasteiger partial charge in [-0.3, -0.25) is 10.1 Å². The summed E-state index contributed by atoms with van der Waals surface area (Å²) in [5.41, 5.74) is 0.659. The molecular weight excluding hydrogens is 256 g/mol. The van der Waals surface area contributed by atoms with E-state index in [0.29, 0.717) is 16.7 Å². The van der Waals surface area contributed by atoms with Crippen molar-refractivity contribution in [3.05, 3.63) is 35.9 Å². The number of nitrogens with one attached hydrogen (secondary N) is 1. The van der Waals surface area contributed by atoms with Crippen LogP contribution in [0.15, 0.2) is 30.3 Å². The Morgan fingerprint density at radius 3 is 2.47 bits per heavy atom. The first-order valence-corrected chi connectivity index (χ1v) is 7.32. The van der Waals surface area contributed by atoms with Crippen molar-refractivity contribution in [2.24, 2.45) is 5.92 Å². The van der Waals surface area contributed by atoms with Crippen molar-refractivity contribution in [1.29, 1.82) is 0 Å². The van der Waals surface area contributed by atoms with Crippen LogP contribution < -0.4 is 5.32 Å². The first-order valence-electron chi connectivity index (χ1n) is 6.91. The molecule has 1 amide bonds. The number of hydrogen-bond acceptors (Lipinski definition) is 2. The molecule has 1 aromatic carbocycles. The molecular formula is C15H18N2OS. The van der Waals surface area contributed by atoms with Gasteiger partial charge in [0.15, 0.2) is 5.11 Å². The number of rotatable bonds is 4. The Labute approximate surface area is 119 Å². The molecule has 0 aromatic heterocycles. The molecule has 0 heterocycles. The second-order valence-corrected chi connectivity index (χ2v) is 5.84. The molecule has 1 N–H and O–H groups in total. The van der Waals surface area contributed by atoms with Gasteiger partial charge in [0.1, 0.15) is 0 Å². The van der Waals surface area contributed by atoms with E-state index in [-0.39, 0.29) is 5.91 Å². The van der Waals surface area contributed by atoms with Gasteiger partial charge >= 0.3 is 0 Å². The quantitative estimate of drug-likeness (QED) is 0.857. The number of amides is 1. The third kappa shape index (κ3) is 3.32. The lowest BCUT2D eigenvalue weighted by atomic mass is 10.2. The molecule has 0 spiro atoms. The van der Waals surface area contributed by atoms with Crippen molar-refractivity contribution < 1.29 is 4.79 Å². The minimum absolute atomic E-state index is 0.105. The number of nitrogens with zero attached hydrogens (tertiary/aromatic N) is 1. The summed E-state index contributed by atoms with van der Waals surface area (Å²) in [6.07, 6.45) is 5.01. The van der Waals surface area contributed by atoms with E-state index in [9.17, 15) is 4.79 Å². The summed E-state index contributed by atoms with van der Waals surface area (Å²) in [5.74, 6) is 0.680. The highest BCUT2D eigenvalue weighted by atomic mass is 32.1. The van der Waals surface area contributed by atoms with Crippen LogP contribution in [0, 0.1) is 5.92 Å². The zero-order valence-corrected chi connectivity index (χ0v) is 11.7. The van der Waals surface area contributed by atoms with E-state index in [1.54, 1.807) is 12.1 Å². The van der Waals surface area contributed by atoms with Crippen LogP contribution in [0.4, 0.5) is 0 Å². The Hall–Kier alpha value is -1.42. The number of hydrogen-bond donors (Lipinski definition) is 1. The van der Waals surface area contributed by atoms with E-state index in [2.05, 4.69) is 10.2 Å². The SMILES string of the molecule is O=C(NC(=S)N(CC1CC1)C1CC1)c1ccccc1. The highest BCUT2D eigenvalue weighted by Gasteiger charge is 2.35. The molecule has 0 saturated heterocycles. The minimum Gasteiger partial charge on any atom is -0.346 e. The summed E-state index contributed by atoms with van der Waals surface area (Å²) in [7, 11) is 0. The number of benzene rings is 1. The molecule has 0 bridgehead atoms. The highest BCUT2D eigenvalue weighted by molar-refractivity contribution is 7.80. The Morgan fingerprint density at radius 1 is 1.21 bits per heavy atom. The Balaban J connectivity index is 1.61. The maximum atomic E-state index is 12.1. The van der Waals surface area contributed by atoms with Gasteiger partial charge in [0.25, 0.3) is 5.91 Å². The van der Waals surface area contributed by atoms with E-state index in [4.69, 9.17) is 12.2 Å². The van der Waals surface area contributed by atoms with Gasteiger partial charge < -0.3 is 4.90 Å². The van der Waals surface area contributed by atoms with Gasteiger partial charge in [-0.05, 0) is 56.0 Å². The maximum Gasteiger partial charge on any atom is 0.257 e. The zero-order valence-electron chi connectivity index (χ0n) is 10.8. The number of carbonyl (C=O) groups excluding carboxylic acids is 1.